The van der Waals surface area contributed by atoms with Gasteiger partial charge in [-0.15, -0.1) is 0 Å². The molecular formula is C10H17NO2Y-2. The van der Waals surface area contributed by atoms with Crippen molar-refractivity contribution >= 4 is 11.8 Å². The molecule has 1 aliphatic heterocycles. The summed E-state index contributed by atoms with van der Waals surface area (Å²) in [6, 6.07) is 0. The minimum atomic E-state index is -0.359. The van der Waals surface area contributed by atoms with Crippen LogP contribution in [-0.2, 0) is 42.3 Å². The summed E-state index contributed by atoms with van der Waals surface area (Å²) in [5.41, 5.74) is 0. The molecule has 0 saturated carbocycles. The first-order chi connectivity index (χ1) is 6.11. The molecule has 0 aromatic heterocycles. The zero-order chi connectivity index (χ0) is 10.3. The molecule has 0 spiro atoms. The smallest absolute Gasteiger partial charge is 0.224 e. The number of carbonyl (C=O) groups is 2. The van der Waals surface area contributed by atoms with Crippen molar-refractivity contribution in [2.24, 2.45) is 5.92 Å². The average molecular weight is 272 g/mol. The second-order valence-corrected chi connectivity index (χ2v) is 3.02. The third-order valence-electron chi connectivity index (χ3n) is 1.67. The number of amides is 2. The van der Waals surface area contributed by atoms with Crippen LogP contribution >= 0.6 is 0 Å². The Morgan fingerprint density at radius 1 is 1.50 bits per heavy atom. The molecule has 1 aliphatic rings. The standard InChI is InChI=1S/C5H6NO2.C5H11.Y/c1-3-2-4(7)6-5(3)8;1-3-5-4-2;/h3H,1-2H2,(H,6,7,8);1,3-5H2,2H3;/q2*-1;. The number of hydrogen-bond acceptors (Lipinski definition) is 2. The summed E-state index contributed by atoms with van der Waals surface area (Å²) in [6.45, 7) is 9.28. The summed E-state index contributed by atoms with van der Waals surface area (Å²) < 4.78 is 0. The van der Waals surface area contributed by atoms with Crippen LogP contribution in [0.15, 0.2) is 0 Å². The van der Waals surface area contributed by atoms with Gasteiger partial charge < -0.3 is 13.8 Å². The first-order valence-corrected chi connectivity index (χ1v) is 4.57. The van der Waals surface area contributed by atoms with Crippen molar-refractivity contribution in [3.8, 4) is 0 Å². The van der Waals surface area contributed by atoms with E-state index in [4.69, 9.17) is 0 Å². The zero-order valence-electron chi connectivity index (χ0n) is 8.71. The van der Waals surface area contributed by atoms with Crippen molar-refractivity contribution in [3.63, 3.8) is 0 Å². The molecule has 79 valence electrons. The van der Waals surface area contributed by atoms with E-state index in [-0.39, 0.29) is 56.9 Å². The van der Waals surface area contributed by atoms with Crippen LogP contribution in [0.5, 0.6) is 0 Å². The average Bonchev–Trinajstić information content (AvgIpc) is 2.32. The minimum Gasteiger partial charge on any atom is -0.343 e. The number of unbranched alkanes of at least 4 members (excludes halogenated alkanes) is 2. The van der Waals surface area contributed by atoms with Gasteiger partial charge in [0.05, 0.1) is 0 Å². The number of rotatable bonds is 2. The van der Waals surface area contributed by atoms with E-state index in [0.29, 0.717) is 0 Å². The van der Waals surface area contributed by atoms with Crippen LogP contribution < -0.4 is 5.32 Å². The first-order valence-electron chi connectivity index (χ1n) is 4.57. The maximum absolute atomic E-state index is 10.4. The van der Waals surface area contributed by atoms with Crippen LogP contribution in [0.3, 0.4) is 0 Å². The molecule has 0 bridgehead atoms. The summed E-state index contributed by atoms with van der Waals surface area (Å²) in [7, 11) is 0. The van der Waals surface area contributed by atoms with Crippen LogP contribution in [0.4, 0.5) is 0 Å². The molecule has 0 aliphatic carbocycles. The molecule has 1 unspecified atom stereocenters. The molecule has 2 amide bonds. The summed E-state index contributed by atoms with van der Waals surface area (Å²) >= 11 is 0. The van der Waals surface area contributed by atoms with Gasteiger partial charge in [-0.2, -0.15) is 6.42 Å². The first kappa shape index (κ1) is 16.7. The van der Waals surface area contributed by atoms with Crippen LogP contribution in [0.25, 0.3) is 0 Å². The van der Waals surface area contributed by atoms with E-state index in [1.807, 2.05) is 0 Å². The summed E-state index contributed by atoms with van der Waals surface area (Å²) in [5.74, 6) is -0.826. The fourth-order valence-corrected chi connectivity index (χ4v) is 0.857. The molecule has 3 nitrogen and oxygen atoms in total. The van der Waals surface area contributed by atoms with Crippen molar-refractivity contribution in [1.82, 2.24) is 5.32 Å². The van der Waals surface area contributed by atoms with Gasteiger partial charge in [0.1, 0.15) is 0 Å². The molecule has 4 heteroatoms. The van der Waals surface area contributed by atoms with Crippen molar-refractivity contribution in [3.05, 3.63) is 13.8 Å². The topological polar surface area (TPSA) is 46.2 Å². The Morgan fingerprint density at radius 3 is 2.14 bits per heavy atom. The van der Waals surface area contributed by atoms with Crippen LogP contribution in [0.2, 0.25) is 0 Å². The number of carbonyl (C=O) groups excluding carboxylic acids is 2. The van der Waals surface area contributed by atoms with E-state index in [0.717, 1.165) is 6.42 Å². The van der Waals surface area contributed by atoms with E-state index < -0.39 is 0 Å². The zero-order valence-corrected chi connectivity index (χ0v) is 11.6. The summed E-state index contributed by atoms with van der Waals surface area (Å²) in [4.78, 5) is 20.7. The maximum Gasteiger partial charge on any atom is 0.224 e. The Labute approximate surface area is 111 Å². The second kappa shape index (κ2) is 9.79. The molecule has 14 heavy (non-hydrogen) atoms. The van der Waals surface area contributed by atoms with Gasteiger partial charge in [0.15, 0.2) is 5.91 Å². The van der Waals surface area contributed by atoms with Gasteiger partial charge in [-0.1, -0.05) is 25.7 Å². The largest absolute Gasteiger partial charge is 0.343 e. The Balaban J connectivity index is 0. The van der Waals surface area contributed by atoms with Gasteiger partial charge >= 0.3 is 0 Å². The predicted octanol–water partition coefficient (Wildman–Crippen LogP) is 1.49. The Hall–Kier alpha value is 0.244. The monoisotopic (exact) mass is 272 g/mol. The predicted molar refractivity (Wildman–Crippen MR) is 51.5 cm³/mol. The molecule has 0 aromatic rings. The number of imide groups is 1. The van der Waals surface area contributed by atoms with Crippen molar-refractivity contribution in [2.75, 3.05) is 0 Å². The Kier molecular flexibility index (Phi) is 11.6. The normalized spacial score (nSPS) is 19.2. The van der Waals surface area contributed by atoms with Gasteiger partial charge in [0.25, 0.3) is 0 Å². The molecular weight excluding hydrogens is 255 g/mol. The SMILES string of the molecule is [CH2-]C1CC(=O)NC1=O.[CH2-]CCCC.[Y]. The van der Waals surface area contributed by atoms with Crippen LogP contribution in [-0.4, -0.2) is 11.8 Å². The van der Waals surface area contributed by atoms with Crippen LogP contribution in [0.1, 0.15) is 32.6 Å². The molecule has 1 saturated heterocycles. The van der Waals surface area contributed by atoms with Gasteiger partial charge in [0, 0.05) is 39.1 Å². The molecule has 1 N–H and O–H groups in total. The maximum atomic E-state index is 10.4. The number of nitrogens with one attached hydrogen (secondary N) is 1. The molecule has 1 heterocycles. The Bertz CT molecular complexity index is 181. The quantitative estimate of drug-likeness (QED) is 0.611. The van der Waals surface area contributed by atoms with E-state index >= 15 is 0 Å². The third-order valence-corrected chi connectivity index (χ3v) is 1.67. The van der Waals surface area contributed by atoms with Gasteiger partial charge in [0.2, 0.25) is 5.91 Å². The molecule has 1 atom stereocenters. The molecule has 1 fully saturated rings. The van der Waals surface area contributed by atoms with E-state index in [1.54, 1.807) is 0 Å². The summed E-state index contributed by atoms with van der Waals surface area (Å²) in [5, 5.41) is 2.13. The minimum absolute atomic E-state index is 0. The molecule has 1 rings (SSSR count). The van der Waals surface area contributed by atoms with E-state index in [9.17, 15) is 9.59 Å². The third kappa shape index (κ3) is 7.63. The Morgan fingerprint density at radius 2 is 2.07 bits per heavy atom. The van der Waals surface area contributed by atoms with Crippen molar-refractivity contribution in [1.29, 1.82) is 0 Å². The van der Waals surface area contributed by atoms with Crippen molar-refractivity contribution < 1.29 is 42.3 Å². The van der Waals surface area contributed by atoms with Gasteiger partial charge in [-0.25, -0.2) is 0 Å². The van der Waals surface area contributed by atoms with Gasteiger partial charge in [-0.05, 0) is 0 Å². The second-order valence-electron chi connectivity index (χ2n) is 3.02. The van der Waals surface area contributed by atoms with Crippen LogP contribution in [0, 0.1) is 19.8 Å². The summed E-state index contributed by atoms with van der Waals surface area (Å²) in [6.07, 6.45) is 3.90. The van der Waals surface area contributed by atoms with Crippen molar-refractivity contribution in [2.45, 2.75) is 32.6 Å². The molecule has 0 aromatic carbocycles. The van der Waals surface area contributed by atoms with E-state index in [1.165, 1.54) is 12.8 Å². The fraction of sp³-hybridized carbons (Fsp3) is 0.600. The number of hydrogen-bond donors (Lipinski definition) is 1. The molecule has 1 radical (unpaired) electrons. The van der Waals surface area contributed by atoms with E-state index in [2.05, 4.69) is 26.1 Å². The fourth-order valence-electron chi connectivity index (χ4n) is 0.857. The van der Waals surface area contributed by atoms with Gasteiger partial charge in [-0.3, -0.25) is 14.9 Å².